The van der Waals surface area contributed by atoms with Gasteiger partial charge in [0.05, 0.1) is 11.1 Å². The highest BCUT2D eigenvalue weighted by Crippen LogP contribution is 2.40. The number of hydrogen-bond acceptors (Lipinski definition) is 6. The highest BCUT2D eigenvalue weighted by Gasteiger charge is 2.42. The predicted octanol–water partition coefficient (Wildman–Crippen LogP) is 4.29. The summed E-state index contributed by atoms with van der Waals surface area (Å²) in [6.07, 6.45) is -4.67. The Bertz CT molecular complexity index is 944. The molecule has 31 heavy (non-hydrogen) atoms. The smallest absolute Gasteiger partial charge is 0.484 e. The minimum Gasteiger partial charge on any atom is -0.484 e. The second-order valence-electron chi connectivity index (χ2n) is 6.90. The van der Waals surface area contributed by atoms with E-state index in [0.717, 1.165) is 6.07 Å². The van der Waals surface area contributed by atoms with Crippen molar-refractivity contribution in [2.75, 3.05) is 6.61 Å². The minimum atomic E-state index is -4.66. The zero-order valence-corrected chi connectivity index (χ0v) is 16.8. The van der Waals surface area contributed by atoms with Crippen molar-refractivity contribution in [3.05, 3.63) is 53.1 Å². The van der Waals surface area contributed by atoms with Crippen molar-refractivity contribution in [3.63, 3.8) is 0 Å². The van der Waals surface area contributed by atoms with Gasteiger partial charge < -0.3 is 14.5 Å². The first kappa shape index (κ1) is 23.0. The zero-order valence-electron chi connectivity index (χ0n) is 16.0. The molecule has 1 fully saturated rings. The molecule has 3 rings (SSSR count). The maximum Gasteiger partial charge on any atom is 0.522 e. The van der Waals surface area contributed by atoms with E-state index in [2.05, 4.69) is 26.8 Å². The number of ether oxygens (including phenoxy) is 2. The van der Waals surface area contributed by atoms with Gasteiger partial charge in [-0.05, 0) is 31.4 Å². The van der Waals surface area contributed by atoms with Crippen LogP contribution in [-0.4, -0.2) is 35.2 Å². The molecule has 0 spiro atoms. The molecular weight excluding hydrogens is 446 g/mol. The van der Waals surface area contributed by atoms with E-state index >= 15 is 0 Å². The fourth-order valence-corrected chi connectivity index (χ4v) is 2.97. The quantitative estimate of drug-likeness (QED) is 0.558. The third-order valence-corrected chi connectivity index (χ3v) is 4.75. The Morgan fingerprint density at radius 3 is 2.74 bits per heavy atom. The molecule has 1 aliphatic carbocycles. The van der Waals surface area contributed by atoms with E-state index in [9.17, 15) is 22.4 Å². The van der Waals surface area contributed by atoms with Crippen LogP contribution in [-0.2, 0) is 16.0 Å². The van der Waals surface area contributed by atoms with E-state index in [1.165, 1.54) is 12.1 Å². The second kappa shape index (κ2) is 9.65. The number of carbonyl (C=O) groups is 1. The average molecular weight is 464 g/mol. The molecule has 1 aromatic carbocycles. The Kier molecular flexibility index (Phi) is 7.16. The number of hydrogen-bond donors (Lipinski definition) is 1. The Morgan fingerprint density at radius 2 is 2.06 bits per heavy atom. The molecule has 0 aliphatic heterocycles. The zero-order chi connectivity index (χ0) is 22.6. The van der Waals surface area contributed by atoms with Crippen molar-refractivity contribution in [2.45, 2.75) is 44.1 Å². The first-order chi connectivity index (χ1) is 14.6. The van der Waals surface area contributed by atoms with Crippen LogP contribution >= 0.6 is 11.6 Å². The van der Waals surface area contributed by atoms with E-state index < -0.39 is 24.2 Å². The minimum absolute atomic E-state index is 0.0545. The average Bonchev–Trinajstić information content (AvgIpc) is 3.11. The summed E-state index contributed by atoms with van der Waals surface area (Å²) >= 11 is 5.57. The highest BCUT2D eigenvalue weighted by molar-refractivity contribution is 6.30. The monoisotopic (exact) mass is 463 g/mol. The van der Waals surface area contributed by atoms with Gasteiger partial charge in [0.25, 0.3) is 5.91 Å². The number of amides is 1. The highest BCUT2D eigenvalue weighted by atomic mass is 35.5. The standard InChI is InChI=1S/C19H18ClF4N3O4/c1-10(25-16(28)9-29-12-3-4-14(20)15(21)8-12)2-5-17-26-27-18(30-17)11-6-13(7-11)31-19(22,23)24/h3-4,8,11,13H,1-2,5-7,9H2,(H,25,28). The van der Waals surface area contributed by atoms with Gasteiger partial charge in [-0.25, -0.2) is 4.39 Å². The molecule has 0 atom stereocenters. The van der Waals surface area contributed by atoms with Crippen LogP contribution in [0.1, 0.15) is 37.0 Å². The molecule has 1 aliphatic rings. The summed E-state index contributed by atoms with van der Waals surface area (Å²) in [5.41, 5.74) is 0.373. The third kappa shape index (κ3) is 6.93. The van der Waals surface area contributed by atoms with Crippen LogP contribution in [0.4, 0.5) is 17.6 Å². The number of allylic oxidation sites excluding steroid dienone is 1. The first-order valence-corrected chi connectivity index (χ1v) is 9.59. The summed E-state index contributed by atoms with van der Waals surface area (Å²) < 4.78 is 64.4. The Labute approximate surface area is 179 Å². The number of benzene rings is 1. The van der Waals surface area contributed by atoms with Crippen LogP contribution in [0, 0.1) is 5.82 Å². The molecule has 0 saturated heterocycles. The summed E-state index contributed by atoms with van der Waals surface area (Å²) in [5, 5.41) is 10.2. The number of nitrogens with one attached hydrogen (secondary N) is 1. The Balaban J connectivity index is 1.36. The van der Waals surface area contributed by atoms with Gasteiger partial charge in [0, 0.05) is 24.1 Å². The van der Waals surface area contributed by atoms with E-state index in [4.69, 9.17) is 20.8 Å². The molecule has 1 aromatic heterocycles. The number of alkyl halides is 3. The SMILES string of the molecule is C=C(CCc1nnc(C2CC(OC(F)(F)F)C2)o1)NC(=O)COc1ccc(Cl)c(F)c1. The topological polar surface area (TPSA) is 86.5 Å². The van der Waals surface area contributed by atoms with Gasteiger partial charge >= 0.3 is 6.36 Å². The van der Waals surface area contributed by atoms with Gasteiger partial charge in [0.2, 0.25) is 11.8 Å². The fourth-order valence-electron chi connectivity index (χ4n) is 2.85. The Morgan fingerprint density at radius 1 is 1.32 bits per heavy atom. The largest absolute Gasteiger partial charge is 0.522 e. The first-order valence-electron chi connectivity index (χ1n) is 9.21. The summed E-state index contributed by atoms with van der Waals surface area (Å²) in [6.45, 7) is 3.37. The molecule has 1 amide bonds. The third-order valence-electron chi connectivity index (χ3n) is 4.44. The van der Waals surface area contributed by atoms with Crippen molar-refractivity contribution in [1.29, 1.82) is 0 Å². The van der Waals surface area contributed by atoms with Crippen LogP contribution in [0.25, 0.3) is 0 Å². The molecule has 0 radical (unpaired) electrons. The van der Waals surface area contributed by atoms with Crippen molar-refractivity contribution in [2.24, 2.45) is 0 Å². The van der Waals surface area contributed by atoms with Crippen LogP contribution in [0.2, 0.25) is 5.02 Å². The maximum absolute atomic E-state index is 13.3. The van der Waals surface area contributed by atoms with Gasteiger partial charge in [-0.1, -0.05) is 18.2 Å². The van der Waals surface area contributed by atoms with Gasteiger partial charge in [-0.15, -0.1) is 23.4 Å². The van der Waals surface area contributed by atoms with Gasteiger partial charge in [0.15, 0.2) is 6.61 Å². The fraction of sp³-hybridized carbons (Fsp3) is 0.421. The van der Waals surface area contributed by atoms with Gasteiger partial charge in [-0.3, -0.25) is 9.53 Å². The van der Waals surface area contributed by atoms with E-state index in [1.54, 1.807) is 0 Å². The summed E-state index contributed by atoms with van der Waals surface area (Å²) in [5.74, 6) is -0.731. The van der Waals surface area contributed by atoms with Crippen molar-refractivity contribution in [3.8, 4) is 5.75 Å². The molecule has 1 saturated carbocycles. The molecule has 7 nitrogen and oxygen atoms in total. The molecule has 12 heteroatoms. The van der Waals surface area contributed by atoms with E-state index in [0.29, 0.717) is 12.1 Å². The lowest BCUT2D eigenvalue weighted by Gasteiger charge is -2.32. The number of halogens is 5. The predicted molar refractivity (Wildman–Crippen MR) is 99.7 cm³/mol. The molecular formula is C19H18ClF4N3O4. The van der Waals surface area contributed by atoms with Crippen molar-refractivity contribution >= 4 is 17.5 Å². The molecule has 0 unspecified atom stereocenters. The normalized spacial score (nSPS) is 18.4. The number of aromatic nitrogens is 2. The number of nitrogens with zero attached hydrogens (tertiary/aromatic N) is 2. The van der Waals surface area contributed by atoms with Crippen molar-refractivity contribution < 1.29 is 36.2 Å². The summed E-state index contributed by atoms with van der Waals surface area (Å²) in [6, 6.07) is 3.81. The van der Waals surface area contributed by atoms with Crippen LogP contribution in [0.3, 0.4) is 0 Å². The lowest BCUT2D eigenvalue weighted by atomic mass is 9.82. The van der Waals surface area contributed by atoms with Gasteiger partial charge in [-0.2, -0.15) is 0 Å². The summed E-state index contributed by atoms with van der Waals surface area (Å²) in [7, 11) is 0. The van der Waals surface area contributed by atoms with Crippen LogP contribution in [0.5, 0.6) is 5.75 Å². The van der Waals surface area contributed by atoms with Crippen LogP contribution < -0.4 is 10.1 Å². The molecule has 2 aromatic rings. The van der Waals surface area contributed by atoms with Crippen LogP contribution in [0.15, 0.2) is 34.9 Å². The van der Waals surface area contributed by atoms with Gasteiger partial charge in [0.1, 0.15) is 11.6 Å². The lowest BCUT2D eigenvalue weighted by Crippen LogP contribution is -2.34. The van der Waals surface area contributed by atoms with Crippen molar-refractivity contribution in [1.82, 2.24) is 15.5 Å². The molecule has 0 bridgehead atoms. The Hall–Kier alpha value is -2.66. The second-order valence-corrected chi connectivity index (χ2v) is 7.31. The summed E-state index contributed by atoms with van der Waals surface area (Å²) in [4.78, 5) is 11.9. The number of carbonyl (C=O) groups excluding carboxylic acids is 1. The maximum atomic E-state index is 13.3. The molecule has 168 valence electrons. The number of aryl methyl sites for hydroxylation is 1. The number of rotatable bonds is 9. The molecule has 1 heterocycles. The molecule has 1 N–H and O–H groups in total. The lowest BCUT2D eigenvalue weighted by molar-refractivity contribution is -0.352. The van der Waals surface area contributed by atoms with E-state index in [1.807, 2.05) is 0 Å². The van der Waals surface area contributed by atoms with E-state index in [-0.39, 0.29) is 54.3 Å².